The molecule has 1 aromatic carbocycles. The van der Waals surface area contributed by atoms with Crippen LogP contribution in [0.1, 0.15) is 31.3 Å². The standard InChI is InChI=1S/C16H22N4O/c1-11(2)16-19-12(3)10-15(20-16)18-8-9-21-14-7-5-4-6-13(14)17/h4-7,10-11H,8-9,17H2,1-3H3,(H,18,19,20). The number of rotatable bonds is 6. The van der Waals surface area contributed by atoms with Crippen molar-refractivity contribution in [1.82, 2.24) is 9.97 Å². The summed E-state index contributed by atoms with van der Waals surface area (Å²) in [6.45, 7) is 7.32. The number of nitrogen functional groups attached to an aromatic ring is 1. The van der Waals surface area contributed by atoms with Crippen LogP contribution in [0.15, 0.2) is 30.3 Å². The van der Waals surface area contributed by atoms with Gasteiger partial charge in [0.25, 0.3) is 0 Å². The second kappa shape index (κ2) is 6.92. The molecule has 21 heavy (non-hydrogen) atoms. The number of aromatic nitrogens is 2. The average molecular weight is 286 g/mol. The first kappa shape index (κ1) is 15.1. The Bertz CT molecular complexity index is 599. The minimum absolute atomic E-state index is 0.311. The molecule has 0 saturated heterocycles. The molecule has 5 heteroatoms. The molecule has 1 heterocycles. The molecule has 0 radical (unpaired) electrons. The first-order chi connectivity index (χ1) is 10.1. The van der Waals surface area contributed by atoms with Gasteiger partial charge >= 0.3 is 0 Å². The van der Waals surface area contributed by atoms with Crippen molar-refractivity contribution in [3.05, 3.63) is 41.9 Å². The normalized spacial score (nSPS) is 10.7. The molecule has 0 aliphatic heterocycles. The van der Waals surface area contributed by atoms with Crippen molar-refractivity contribution >= 4 is 11.5 Å². The summed E-state index contributed by atoms with van der Waals surface area (Å²) in [5.41, 5.74) is 7.43. The third-order valence-electron chi connectivity index (χ3n) is 2.97. The molecule has 0 aliphatic rings. The summed E-state index contributed by atoms with van der Waals surface area (Å²) in [4.78, 5) is 8.91. The first-order valence-corrected chi connectivity index (χ1v) is 7.13. The van der Waals surface area contributed by atoms with Gasteiger partial charge in [-0.3, -0.25) is 0 Å². The number of anilines is 2. The Morgan fingerprint density at radius 3 is 2.71 bits per heavy atom. The summed E-state index contributed by atoms with van der Waals surface area (Å²) in [6, 6.07) is 9.41. The van der Waals surface area contributed by atoms with E-state index in [4.69, 9.17) is 10.5 Å². The Morgan fingerprint density at radius 1 is 1.24 bits per heavy atom. The van der Waals surface area contributed by atoms with E-state index in [1.54, 1.807) is 0 Å². The lowest BCUT2D eigenvalue weighted by Crippen LogP contribution is -2.14. The number of nitrogens with one attached hydrogen (secondary N) is 1. The zero-order chi connectivity index (χ0) is 15.2. The number of aryl methyl sites for hydroxylation is 1. The van der Waals surface area contributed by atoms with Crippen LogP contribution in [0.2, 0.25) is 0 Å². The van der Waals surface area contributed by atoms with Gasteiger partial charge < -0.3 is 15.8 Å². The van der Waals surface area contributed by atoms with Crippen LogP contribution in [0.3, 0.4) is 0 Å². The summed E-state index contributed by atoms with van der Waals surface area (Å²) >= 11 is 0. The Balaban J connectivity index is 1.88. The van der Waals surface area contributed by atoms with E-state index in [2.05, 4.69) is 29.1 Å². The van der Waals surface area contributed by atoms with Crippen LogP contribution in [0.25, 0.3) is 0 Å². The van der Waals surface area contributed by atoms with Gasteiger partial charge in [-0.15, -0.1) is 0 Å². The Hall–Kier alpha value is -2.30. The Morgan fingerprint density at radius 2 is 2.00 bits per heavy atom. The third kappa shape index (κ3) is 4.34. The van der Waals surface area contributed by atoms with Crippen LogP contribution in [0.5, 0.6) is 5.75 Å². The molecule has 0 aliphatic carbocycles. The molecule has 1 aromatic heterocycles. The highest BCUT2D eigenvalue weighted by molar-refractivity contribution is 5.51. The van der Waals surface area contributed by atoms with Gasteiger partial charge in [0.05, 0.1) is 12.2 Å². The quantitative estimate of drug-likeness (QED) is 0.631. The van der Waals surface area contributed by atoms with Gasteiger partial charge in [-0.1, -0.05) is 26.0 Å². The van der Waals surface area contributed by atoms with E-state index in [9.17, 15) is 0 Å². The van der Waals surface area contributed by atoms with E-state index in [-0.39, 0.29) is 0 Å². The highest BCUT2D eigenvalue weighted by Gasteiger charge is 2.06. The Kier molecular flexibility index (Phi) is 4.98. The van der Waals surface area contributed by atoms with Crippen molar-refractivity contribution in [2.75, 3.05) is 24.2 Å². The second-order valence-electron chi connectivity index (χ2n) is 5.22. The summed E-state index contributed by atoms with van der Waals surface area (Å²) in [5, 5.41) is 3.25. The minimum Gasteiger partial charge on any atom is -0.490 e. The van der Waals surface area contributed by atoms with Gasteiger partial charge in [0, 0.05) is 17.7 Å². The molecule has 0 amide bonds. The summed E-state index contributed by atoms with van der Waals surface area (Å²) < 4.78 is 5.64. The molecule has 2 aromatic rings. The van der Waals surface area contributed by atoms with Gasteiger partial charge in [0.1, 0.15) is 24.0 Å². The minimum atomic E-state index is 0.311. The zero-order valence-corrected chi connectivity index (χ0v) is 12.8. The van der Waals surface area contributed by atoms with Gasteiger partial charge in [-0.2, -0.15) is 0 Å². The lowest BCUT2D eigenvalue weighted by molar-refractivity contribution is 0.334. The maximum absolute atomic E-state index is 5.82. The SMILES string of the molecule is Cc1cc(NCCOc2ccccc2N)nc(C(C)C)n1. The highest BCUT2D eigenvalue weighted by Crippen LogP contribution is 2.19. The van der Waals surface area contributed by atoms with Crippen LogP contribution in [-0.2, 0) is 0 Å². The van der Waals surface area contributed by atoms with Crippen molar-refractivity contribution in [3.8, 4) is 5.75 Å². The fourth-order valence-corrected chi connectivity index (χ4v) is 1.89. The van der Waals surface area contributed by atoms with Crippen LogP contribution < -0.4 is 15.8 Å². The fourth-order valence-electron chi connectivity index (χ4n) is 1.89. The molecule has 0 spiro atoms. The fraction of sp³-hybridized carbons (Fsp3) is 0.375. The molecular weight excluding hydrogens is 264 g/mol. The van der Waals surface area contributed by atoms with Crippen LogP contribution in [0.4, 0.5) is 11.5 Å². The molecule has 0 fully saturated rings. The van der Waals surface area contributed by atoms with E-state index in [0.717, 1.165) is 17.3 Å². The van der Waals surface area contributed by atoms with Crippen molar-refractivity contribution in [2.24, 2.45) is 0 Å². The van der Waals surface area contributed by atoms with Crippen molar-refractivity contribution in [2.45, 2.75) is 26.7 Å². The number of para-hydroxylation sites is 2. The van der Waals surface area contributed by atoms with Gasteiger partial charge in [0.15, 0.2) is 0 Å². The largest absolute Gasteiger partial charge is 0.490 e. The van der Waals surface area contributed by atoms with E-state index >= 15 is 0 Å². The topological polar surface area (TPSA) is 73.1 Å². The lowest BCUT2D eigenvalue weighted by Gasteiger charge is -2.11. The number of ether oxygens (including phenoxy) is 1. The highest BCUT2D eigenvalue weighted by atomic mass is 16.5. The zero-order valence-electron chi connectivity index (χ0n) is 12.8. The lowest BCUT2D eigenvalue weighted by atomic mass is 10.2. The van der Waals surface area contributed by atoms with E-state index in [1.807, 2.05) is 37.3 Å². The molecule has 2 rings (SSSR count). The maximum Gasteiger partial charge on any atom is 0.142 e. The molecule has 112 valence electrons. The van der Waals surface area contributed by atoms with Crippen LogP contribution >= 0.6 is 0 Å². The third-order valence-corrected chi connectivity index (χ3v) is 2.97. The number of hydrogen-bond acceptors (Lipinski definition) is 5. The van der Waals surface area contributed by atoms with Crippen molar-refractivity contribution < 1.29 is 4.74 Å². The predicted octanol–water partition coefficient (Wildman–Crippen LogP) is 2.98. The molecule has 5 nitrogen and oxygen atoms in total. The molecule has 0 bridgehead atoms. The van der Waals surface area contributed by atoms with E-state index < -0.39 is 0 Å². The molecule has 0 saturated carbocycles. The van der Waals surface area contributed by atoms with E-state index in [1.165, 1.54) is 0 Å². The van der Waals surface area contributed by atoms with Crippen LogP contribution in [-0.4, -0.2) is 23.1 Å². The summed E-state index contributed by atoms with van der Waals surface area (Å²) in [5.74, 6) is 2.70. The molecule has 0 unspecified atom stereocenters. The van der Waals surface area contributed by atoms with Crippen LogP contribution in [0, 0.1) is 6.92 Å². The van der Waals surface area contributed by atoms with Crippen molar-refractivity contribution in [1.29, 1.82) is 0 Å². The van der Waals surface area contributed by atoms with Gasteiger partial charge in [0.2, 0.25) is 0 Å². The second-order valence-corrected chi connectivity index (χ2v) is 5.22. The first-order valence-electron chi connectivity index (χ1n) is 7.13. The van der Waals surface area contributed by atoms with Crippen molar-refractivity contribution in [3.63, 3.8) is 0 Å². The summed E-state index contributed by atoms with van der Waals surface area (Å²) in [7, 11) is 0. The monoisotopic (exact) mass is 286 g/mol. The maximum atomic E-state index is 5.82. The number of hydrogen-bond donors (Lipinski definition) is 2. The smallest absolute Gasteiger partial charge is 0.142 e. The molecule has 0 atom stereocenters. The number of nitrogens with zero attached hydrogens (tertiary/aromatic N) is 2. The molecular formula is C16H22N4O. The van der Waals surface area contributed by atoms with E-state index in [0.29, 0.717) is 30.5 Å². The Labute approximate surface area is 125 Å². The van der Waals surface area contributed by atoms with Gasteiger partial charge in [-0.25, -0.2) is 9.97 Å². The average Bonchev–Trinajstić information content (AvgIpc) is 2.44. The number of nitrogens with two attached hydrogens (primary N) is 1. The molecule has 3 N–H and O–H groups in total. The van der Waals surface area contributed by atoms with Gasteiger partial charge in [-0.05, 0) is 19.1 Å². The predicted molar refractivity (Wildman–Crippen MR) is 85.7 cm³/mol. The summed E-state index contributed by atoms with van der Waals surface area (Å²) in [6.07, 6.45) is 0. The number of benzene rings is 1.